The molecule has 0 N–H and O–H groups in total. The van der Waals surface area contributed by atoms with E-state index in [2.05, 4.69) is 44.2 Å². The molecular formula is C44H80O2. The van der Waals surface area contributed by atoms with E-state index in [-0.39, 0.29) is 11.9 Å². The van der Waals surface area contributed by atoms with Gasteiger partial charge in [0, 0.05) is 0 Å². The van der Waals surface area contributed by atoms with Gasteiger partial charge in [-0.25, -0.2) is 0 Å². The summed E-state index contributed by atoms with van der Waals surface area (Å²) in [6.07, 6.45) is 57.2. The summed E-state index contributed by atoms with van der Waals surface area (Å²) in [5.41, 5.74) is 0. The first kappa shape index (κ1) is 42.7. The lowest BCUT2D eigenvalue weighted by atomic mass is 9.94. The molecule has 1 saturated heterocycles. The van der Waals surface area contributed by atoms with E-state index in [1.807, 2.05) is 0 Å². The van der Waals surface area contributed by atoms with Crippen molar-refractivity contribution in [2.75, 3.05) is 0 Å². The zero-order valence-electron chi connectivity index (χ0n) is 31.3. The topological polar surface area (TPSA) is 26.3 Å². The largest absolute Gasteiger partial charge is 0.430 e. The molecule has 2 nitrogen and oxygen atoms in total. The quantitative estimate of drug-likeness (QED) is 0.0387. The highest BCUT2D eigenvalue weighted by molar-refractivity contribution is 5.82. The molecule has 0 aliphatic carbocycles. The average molecular weight is 641 g/mol. The van der Waals surface area contributed by atoms with Gasteiger partial charge in [-0.3, -0.25) is 4.79 Å². The summed E-state index contributed by atoms with van der Waals surface area (Å²) in [6, 6.07) is 0. The van der Waals surface area contributed by atoms with Gasteiger partial charge in [0.05, 0.1) is 0 Å². The van der Waals surface area contributed by atoms with Crippen LogP contribution in [0.4, 0.5) is 0 Å². The van der Waals surface area contributed by atoms with Crippen LogP contribution in [0, 0.1) is 5.92 Å². The molecule has 1 atom stereocenters. The first-order valence-corrected chi connectivity index (χ1v) is 21.0. The van der Waals surface area contributed by atoms with Crippen LogP contribution in [-0.4, -0.2) is 5.97 Å². The SMILES string of the molecule is CCCCCCCCCCCCCC/C=C/CCCC/C=C1/OC(=O)C1CCCC/C=C/CCCCCCCCCCCCCC. The molecule has 46 heavy (non-hydrogen) atoms. The van der Waals surface area contributed by atoms with Crippen molar-refractivity contribution in [3.8, 4) is 0 Å². The Labute approximate surface area is 289 Å². The van der Waals surface area contributed by atoms with Crippen LogP contribution in [0.25, 0.3) is 0 Å². The van der Waals surface area contributed by atoms with E-state index < -0.39 is 0 Å². The summed E-state index contributed by atoms with van der Waals surface area (Å²) < 4.78 is 5.37. The second kappa shape index (κ2) is 35.0. The predicted molar refractivity (Wildman–Crippen MR) is 204 cm³/mol. The maximum absolute atomic E-state index is 12.0. The Bertz CT molecular complexity index is 732. The lowest BCUT2D eigenvalue weighted by Gasteiger charge is -2.27. The Morgan fingerprint density at radius 2 is 0.717 bits per heavy atom. The molecule has 268 valence electrons. The van der Waals surface area contributed by atoms with Gasteiger partial charge < -0.3 is 4.74 Å². The molecular weight excluding hydrogens is 560 g/mol. The fourth-order valence-corrected chi connectivity index (χ4v) is 6.70. The van der Waals surface area contributed by atoms with Crippen LogP contribution in [-0.2, 0) is 9.53 Å². The normalized spacial score (nSPS) is 15.8. The number of cyclic esters (lactones) is 1. The van der Waals surface area contributed by atoms with Gasteiger partial charge in [0.25, 0.3) is 0 Å². The van der Waals surface area contributed by atoms with E-state index in [0.717, 1.165) is 31.4 Å². The van der Waals surface area contributed by atoms with E-state index in [1.165, 1.54) is 193 Å². The molecule has 0 radical (unpaired) electrons. The third kappa shape index (κ3) is 27.8. The van der Waals surface area contributed by atoms with E-state index in [4.69, 9.17) is 4.74 Å². The average Bonchev–Trinajstić information content (AvgIpc) is 3.06. The lowest BCUT2D eigenvalue weighted by Crippen LogP contribution is -2.32. The fraction of sp³-hybridized carbons (Fsp3) is 0.841. The van der Waals surface area contributed by atoms with Crippen molar-refractivity contribution in [2.45, 2.75) is 232 Å². The molecule has 1 rings (SSSR count). The highest BCUT2D eigenvalue weighted by Gasteiger charge is 2.36. The zero-order valence-corrected chi connectivity index (χ0v) is 31.3. The molecule has 0 bridgehead atoms. The molecule has 2 heteroatoms. The number of rotatable bonds is 36. The molecule has 0 aromatic heterocycles. The van der Waals surface area contributed by atoms with Gasteiger partial charge in [-0.1, -0.05) is 186 Å². The summed E-state index contributed by atoms with van der Waals surface area (Å²) in [7, 11) is 0. The number of hydrogen-bond acceptors (Lipinski definition) is 2. The third-order valence-corrected chi connectivity index (χ3v) is 9.91. The van der Waals surface area contributed by atoms with E-state index in [9.17, 15) is 4.79 Å². The molecule has 0 saturated carbocycles. The van der Waals surface area contributed by atoms with Crippen molar-refractivity contribution in [2.24, 2.45) is 5.92 Å². The van der Waals surface area contributed by atoms with Gasteiger partial charge in [0.1, 0.15) is 11.7 Å². The standard InChI is InChI=1S/C44H80O2/c1-3-5-7-9-11-13-15-17-19-21-23-25-27-29-31-33-35-37-39-41-43-42(44(45)46-43)40-38-36-34-32-30-28-26-24-22-20-18-16-14-12-10-8-6-4-2/h29-32,41-42H,3-28,33-40H2,1-2H3/b31-29+,32-30+,43-41+. The van der Waals surface area contributed by atoms with E-state index >= 15 is 0 Å². The summed E-state index contributed by atoms with van der Waals surface area (Å²) in [5.74, 6) is 0.991. The number of esters is 1. The van der Waals surface area contributed by atoms with E-state index in [1.54, 1.807) is 0 Å². The van der Waals surface area contributed by atoms with Crippen LogP contribution in [0.1, 0.15) is 232 Å². The minimum absolute atomic E-state index is 0.00509. The van der Waals surface area contributed by atoms with Gasteiger partial charge in [-0.05, 0) is 76.7 Å². The zero-order chi connectivity index (χ0) is 33.0. The second-order valence-corrected chi connectivity index (χ2v) is 14.4. The monoisotopic (exact) mass is 641 g/mol. The highest BCUT2D eigenvalue weighted by atomic mass is 16.6. The molecule has 1 heterocycles. The molecule has 1 aliphatic heterocycles. The lowest BCUT2D eigenvalue weighted by molar-refractivity contribution is -0.157. The first-order chi connectivity index (χ1) is 22.8. The molecule has 1 fully saturated rings. The number of carbonyl (C=O) groups is 1. The maximum Gasteiger partial charge on any atom is 0.321 e. The summed E-state index contributed by atoms with van der Waals surface area (Å²) in [5, 5.41) is 0. The molecule has 1 unspecified atom stereocenters. The van der Waals surface area contributed by atoms with Crippen LogP contribution in [0.2, 0.25) is 0 Å². The van der Waals surface area contributed by atoms with Gasteiger partial charge in [0.15, 0.2) is 0 Å². The number of unbranched alkanes of at least 4 members (excludes halogenated alkanes) is 29. The minimum Gasteiger partial charge on any atom is -0.430 e. The van der Waals surface area contributed by atoms with Gasteiger partial charge in [0.2, 0.25) is 0 Å². The Hall–Kier alpha value is -1.31. The first-order valence-electron chi connectivity index (χ1n) is 21.0. The van der Waals surface area contributed by atoms with Crippen molar-refractivity contribution >= 4 is 5.97 Å². The number of allylic oxidation sites excluding steroid dienone is 5. The Kier molecular flexibility index (Phi) is 32.5. The van der Waals surface area contributed by atoms with Crippen molar-refractivity contribution in [3.63, 3.8) is 0 Å². The predicted octanol–water partition coefficient (Wildman–Crippen LogP) is 15.5. The van der Waals surface area contributed by atoms with Gasteiger partial charge in [-0.2, -0.15) is 0 Å². The van der Waals surface area contributed by atoms with Crippen LogP contribution in [0.15, 0.2) is 36.1 Å². The van der Waals surface area contributed by atoms with Crippen LogP contribution in [0.3, 0.4) is 0 Å². The molecule has 1 aliphatic rings. The minimum atomic E-state index is -0.00509. The van der Waals surface area contributed by atoms with Crippen molar-refractivity contribution < 1.29 is 9.53 Å². The second-order valence-electron chi connectivity index (χ2n) is 14.4. The van der Waals surface area contributed by atoms with Gasteiger partial charge in [-0.15, -0.1) is 0 Å². The molecule has 0 aromatic carbocycles. The Morgan fingerprint density at radius 3 is 1.09 bits per heavy atom. The number of ether oxygens (including phenoxy) is 1. The summed E-state index contributed by atoms with van der Waals surface area (Å²) in [6.45, 7) is 4.59. The van der Waals surface area contributed by atoms with E-state index in [0.29, 0.717) is 0 Å². The number of carbonyl (C=O) groups excluding carboxylic acids is 1. The Morgan fingerprint density at radius 1 is 0.413 bits per heavy atom. The summed E-state index contributed by atoms with van der Waals surface area (Å²) >= 11 is 0. The third-order valence-electron chi connectivity index (χ3n) is 9.91. The fourth-order valence-electron chi connectivity index (χ4n) is 6.70. The summed E-state index contributed by atoms with van der Waals surface area (Å²) in [4.78, 5) is 12.0. The van der Waals surface area contributed by atoms with Crippen molar-refractivity contribution in [1.29, 1.82) is 0 Å². The number of hydrogen-bond donors (Lipinski definition) is 0. The van der Waals surface area contributed by atoms with Crippen LogP contribution >= 0.6 is 0 Å². The molecule has 0 spiro atoms. The van der Waals surface area contributed by atoms with Crippen LogP contribution < -0.4 is 0 Å². The molecule has 0 aromatic rings. The highest BCUT2D eigenvalue weighted by Crippen LogP contribution is 2.32. The van der Waals surface area contributed by atoms with Crippen molar-refractivity contribution in [1.82, 2.24) is 0 Å². The Balaban J connectivity index is 1.86. The maximum atomic E-state index is 12.0. The smallest absolute Gasteiger partial charge is 0.321 e. The van der Waals surface area contributed by atoms with Crippen molar-refractivity contribution in [3.05, 3.63) is 36.1 Å². The van der Waals surface area contributed by atoms with Crippen LogP contribution in [0.5, 0.6) is 0 Å². The van der Waals surface area contributed by atoms with Gasteiger partial charge >= 0.3 is 5.97 Å². The molecule has 0 amide bonds.